The van der Waals surface area contributed by atoms with E-state index in [2.05, 4.69) is 30.1 Å². The number of ketones is 1. The van der Waals surface area contributed by atoms with Gasteiger partial charge in [-0.05, 0) is 59.7 Å². The van der Waals surface area contributed by atoms with Crippen molar-refractivity contribution in [1.29, 1.82) is 0 Å². The summed E-state index contributed by atoms with van der Waals surface area (Å²) in [5.74, 6) is 0.0541. The first kappa shape index (κ1) is 25.0. The molecule has 3 rings (SSSR count). The second-order valence-electron chi connectivity index (χ2n) is 9.70. The van der Waals surface area contributed by atoms with Crippen molar-refractivity contribution in [3.05, 3.63) is 52.8 Å². The molecule has 2 heterocycles. The van der Waals surface area contributed by atoms with Crippen molar-refractivity contribution >= 4 is 21.8 Å². The molecule has 1 aliphatic rings. The van der Waals surface area contributed by atoms with Crippen LogP contribution in [0, 0.1) is 20.8 Å². The highest BCUT2D eigenvalue weighted by Crippen LogP contribution is 2.25. The van der Waals surface area contributed by atoms with Crippen LogP contribution in [-0.4, -0.2) is 67.3 Å². The first-order valence-corrected chi connectivity index (χ1v) is 12.6. The maximum Gasteiger partial charge on any atom is 0.331 e. The topological polar surface area (TPSA) is 91.7 Å². The monoisotopic (exact) mass is 474 g/mol. The van der Waals surface area contributed by atoms with Gasteiger partial charge in [-0.25, -0.2) is 17.9 Å². The van der Waals surface area contributed by atoms with Crippen LogP contribution in [0.5, 0.6) is 0 Å². The van der Waals surface area contributed by atoms with E-state index in [4.69, 9.17) is 0 Å². The number of hydrogen-bond donors (Lipinski definition) is 1. The number of urea groups is 1. The summed E-state index contributed by atoms with van der Waals surface area (Å²) in [6.07, 6.45) is 0. The van der Waals surface area contributed by atoms with E-state index < -0.39 is 16.1 Å². The summed E-state index contributed by atoms with van der Waals surface area (Å²) in [5.41, 5.74) is 3.58. The molecule has 2 amide bonds. The Balaban J connectivity index is 1.57. The molecule has 0 radical (unpaired) electrons. The molecule has 0 aliphatic carbocycles. The van der Waals surface area contributed by atoms with Gasteiger partial charge in [-0.1, -0.05) is 17.7 Å². The lowest BCUT2D eigenvalue weighted by Crippen LogP contribution is -2.53. The highest BCUT2D eigenvalue weighted by molar-refractivity contribution is 7.90. The van der Waals surface area contributed by atoms with Crippen molar-refractivity contribution in [3.8, 4) is 0 Å². The van der Waals surface area contributed by atoms with Crippen LogP contribution in [0.3, 0.4) is 0 Å². The molecule has 180 valence electrons. The fraction of sp³-hybridized carbons (Fsp3) is 0.500. The number of nitrogens with zero attached hydrogens (tertiary/aromatic N) is 3. The SMILES string of the molecule is Cc1ccc(S(=O)(=O)NC(=O)N2CCN(CC(=O)c3cc(C)n(C(C)(C)C)c3C)CC2)cc1. The number of carbonyl (C=O) groups excluding carboxylic acids is 2. The summed E-state index contributed by atoms with van der Waals surface area (Å²) in [7, 11) is -3.92. The predicted octanol–water partition coefficient (Wildman–Crippen LogP) is 3.07. The maximum absolute atomic E-state index is 13.0. The highest BCUT2D eigenvalue weighted by Gasteiger charge is 2.28. The summed E-state index contributed by atoms with van der Waals surface area (Å²) in [4.78, 5) is 29.0. The minimum Gasteiger partial charge on any atom is -0.343 e. The fourth-order valence-electron chi connectivity index (χ4n) is 4.43. The number of aryl methyl sites for hydroxylation is 2. The second-order valence-corrected chi connectivity index (χ2v) is 11.4. The van der Waals surface area contributed by atoms with E-state index in [1.807, 2.05) is 31.7 Å². The highest BCUT2D eigenvalue weighted by atomic mass is 32.2. The number of nitrogens with one attached hydrogen (secondary N) is 1. The standard InChI is InChI=1S/C24H34N4O4S/c1-17-7-9-20(10-8-17)33(31,32)25-23(30)27-13-11-26(12-14-27)16-22(29)21-15-18(2)28(19(21)3)24(4,5)6/h7-10,15H,11-14,16H2,1-6H3,(H,25,30). The zero-order chi connectivity index (χ0) is 24.6. The predicted molar refractivity (Wildman–Crippen MR) is 128 cm³/mol. The first-order chi connectivity index (χ1) is 15.3. The van der Waals surface area contributed by atoms with Gasteiger partial charge in [-0.3, -0.25) is 9.69 Å². The van der Waals surface area contributed by atoms with Crippen LogP contribution in [0.1, 0.15) is 48.1 Å². The number of hydrogen-bond acceptors (Lipinski definition) is 5. The average molecular weight is 475 g/mol. The largest absolute Gasteiger partial charge is 0.343 e. The number of Topliss-reactive ketones (excluding diaryl/α,β-unsaturated/α-hetero) is 1. The van der Waals surface area contributed by atoms with E-state index in [1.165, 1.54) is 17.0 Å². The van der Waals surface area contributed by atoms with Gasteiger partial charge in [-0.2, -0.15) is 0 Å². The first-order valence-electron chi connectivity index (χ1n) is 11.1. The molecule has 0 unspecified atom stereocenters. The van der Waals surface area contributed by atoms with E-state index >= 15 is 0 Å². The summed E-state index contributed by atoms with van der Waals surface area (Å²) in [6.45, 7) is 14.2. The minimum absolute atomic E-state index is 0.0541. The summed E-state index contributed by atoms with van der Waals surface area (Å²) in [5, 5.41) is 0. The van der Waals surface area contributed by atoms with Gasteiger partial charge in [0.15, 0.2) is 5.78 Å². The Morgan fingerprint density at radius 2 is 1.55 bits per heavy atom. The van der Waals surface area contributed by atoms with Gasteiger partial charge in [0.1, 0.15) is 0 Å². The normalized spacial score (nSPS) is 15.5. The van der Waals surface area contributed by atoms with Gasteiger partial charge in [0.2, 0.25) is 0 Å². The second kappa shape index (κ2) is 9.30. The molecule has 1 fully saturated rings. The van der Waals surface area contributed by atoms with Gasteiger partial charge in [0.05, 0.1) is 11.4 Å². The Kier molecular flexibility index (Phi) is 7.04. The lowest BCUT2D eigenvalue weighted by Gasteiger charge is -2.34. The number of carbonyl (C=O) groups is 2. The van der Waals surface area contributed by atoms with Gasteiger partial charge >= 0.3 is 6.03 Å². The molecular weight excluding hydrogens is 440 g/mol. The molecule has 0 spiro atoms. The van der Waals surface area contributed by atoms with Crippen LogP contribution in [-0.2, 0) is 15.6 Å². The van der Waals surface area contributed by atoms with Gasteiger partial charge in [0.25, 0.3) is 10.0 Å². The zero-order valence-electron chi connectivity index (χ0n) is 20.3. The van der Waals surface area contributed by atoms with Crippen LogP contribution in [0.15, 0.2) is 35.2 Å². The molecule has 1 aromatic heterocycles. The van der Waals surface area contributed by atoms with Crippen LogP contribution in [0.25, 0.3) is 0 Å². The van der Waals surface area contributed by atoms with Crippen LogP contribution in [0.2, 0.25) is 0 Å². The minimum atomic E-state index is -3.92. The van der Waals surface area contributed by atoms with Crippen molar-refractivity contribution < 1.29 is 18.0 Å². The summed E-state index contributed by atoms with van der Waals surface area (Å²) >= 11 is 0. The molecule has 0 atom stereocenters. The number of sulfonamides is 1. The molecule has 2 aromatic rings. The third kappa shape index (κ3) is 5.65. The average Bonchev–Trinajstić information content (AvgIpc) is 3.03. The van der Waals surface area contributed by atoms with E-state index in [9.17, 15) is 18.0 Å². The number of rotatable bonds is 5. The molecule has 1 aliphatic heterocycles. The lowest BCUT2D eigenvalue weighted by atomic mass is 10.1. The van der Waals surface area contributed by atoms with Gasteiger partial charge < -0.3 is 9.47 Å². The van der Waals surface area contributed by atoms with E-state index in [0.29, 0.717) is 26.2 Å². The third-order valence-corrected chi connectivity index (χ3v) is 7.32. The van der Waals surface area contributed by atoms with Crippen LogP contribution < -0.4 is 4.72 Å². The quantitative estimate of drug-likeness (QED) is 0.673. The van der Waals surface area contributed by atoms with Gasteiger partial charge in [-0.15, -0.1) is 0 Å². The van der Waals surface area contributed by atoms with E-state index in [-0.39, 0.29) is 22.8 Å². The van der Waals surface area contributed by atoms with Crippen molar-refractivity contribution in [2.45, 2.75) is 52.0 Å². The third-order valence-electron chi connectivity index (χ3n) is 5.98. The Bertz CT molecular complexity index is 1140. The summed E-state index contributed by atoms with van der Waals surface area (Å²) in [6, 6.07) is 7.63. The number of aromatic nitrogens is 1. The van der Waals surface area contributed by atoms with Crippen LogP contribution >= 0.6 is 0 Å². The molecule has 1 N–H and O–H groups in total. The molecule has 0 saturated carbocycles. The Morgan fingerprint density at radius 1 is 0.970 bits per heavy atom. The van der Waals surface area contributed by atoms with E-state index in [1.54, 1.807) is 12.1 Å². The molecular formula is C24H34N4O4S. The molecule has 0 bridgehead atoms. The Morgan fingerprint density at radius 3 is 2.06 bits per heavy atom. The van der Waals surface area contributed by atoms with Crippen molar-refractivity contribution in [3.63, 3.8) is 0 Å². The summed E-state index contributed by atoms with van der Waals surface area (Å²) < 4.78 is 29.3. The van der Waals surface area contributed by atoms with Crippen molar-refractivity contribution in [1.82, 2.24) is 19.1 Å². The molecule has 1 saturated heterocycles. The van der Waals surface area contributed by atoms with Crippen LogP contribution in [0.4, 0.5) is 4.79 Å². The lowest BCUT2D eigenvalue weighted by molar-refractivity contribution is 0.0880. The van der Waals surface area contributed by atoms with Crippen molar-refractivity contribution in [2.75, 3.05) is 32.7 Å². The molecule has 1 aromatic carbocycles. The number of benzene rings is 1. The van der Waals surface area contributed by atoms with Crippen molar-refractivity contribution in [2.24, 2.45) is 0 Å². The Hall–Kier alpha value is -2.65. The van der Waals surface area contributed by atoms with E-state index in [0.717, 1.165) is 22.5 Å². The Labute approximate surface area is 196 Å². The zero-order valence-corrected chi connectivity index (χ0v) is 21.1. The molecule has 9 heteroatoms. The maximum atomic E-state index is 13.0. The number of amides is 2. The molecule has 8 nitrogen and oxygen atoms in total. The number of piperazine rings is 1. The molecule has 33 heavy (non-hydrogen) atoms. The smallest absolute Gasteiger partial charge is 0.331 e. The van der Waals surface area contributed by atoms with Gasteiger partial charge in [0, 0.05) is 48.7 Å². The fourth-order valence-corrected chi connectivity index (χ4v) is 5.40.